The van der Waals surface area contributed by atoms with Crippen molar-refractivity contribution in [3.8, 4) is 22.8 Å². The number of carbonyl (C=O) groups is 1. The first-order valence-electron chi connectivity index (χ1n) is 7.93. The molecule has 132 valence electrons. The standard InChI is InChI=1S/C18H15N3O4S/c22-17(19-9-13-2-1-7-23-13)10-26-18-6-4-14(20-21-18)12-3-5-15-16(8-12)25-11-24-15/h1-8H,9-11H2,(H,19,22). The zero-order chi connectivity index (χ0) is 17.8. The Labute approximate surface area is 153 Å². The van der Waals surface area contributed by atoms with E-state index in [1.165, 1.54) is 11.8 Å². The molecule has 8 heteroatoms. The largest absolute Gasteiger partial charge is 0.467 e. The molecule has 2 aromatic heterocycles. The van der Waals surface area contributed by atoms with Crippen LogP contribution in [0.3, 0.4) is 0 Å². The van der Waals surface area contributed by atoms with Crippen LogP contribution in [0, 0.1) is 0 Å². The van der Waals surface area contributed by atoms with Crippen molar-refractivity contribution in [3.63, 3.8) is 0 Å². The van der Waals surface area contributed by atoms with Crippen molar-refractivity contribution in [1.82, 2.24) is 15.5 Å². The van der Waals surface area contributed by atoms with Gasteiger partial charge in [-0.2, -0.15) is 0 Å². The summed E-state index contributed by atoms with van der Waals surface area (Å²) in [6.45, 7) is 0.614. The van der Waals surface area contributed by atoms with E-state index < -0.39 is 0 Å². The first kappa shape index (κ1) is 16.5. The molecule has 7 nitrogen and oxygen atoms in total. The number of nitrogens with one attached hydrogen (secondary N) is 1. The molecule has 1 amide bonds. The summed E-state index contributed by atoms with van der Waals surface area (Å²) in [4.78, 5) is 11.9. The van der Waals surface area contributed by atoms with Gasteiger partial charge in [-0.05, 0) is 42.5 Å². The number of aromatic nitrogens is 2. The molecule has 0 saturated carbocycles. The highest BCUT2D eigenvalue weighted by Gasteiger charge is 2.14. The van der Waals surface area contributed by atoms with Crippen LogP contribution >= 0.6 is 11.8 Å². The molecule has 1 N–H and O–H groups in total. The van der Waals surface area contributed by atoms with Gasteiger partial charge in [0, 0.05) is 5.56 Å². The topological polar surface area (TPSA) is 86.5 Å². The average molecular weight is 369 g/mol. The van der Waals surface area contributed by atoms with Crippen LogP contribution < -0.4 is 14.8 Å². The summed E-state index contributed by atoms with van der Waals surface area (Å²) in [6, 6.07) is 12.9. The number of nitrogens with zero attached hydrogens (tertiary/aromatic N) is 2. The lowest BCUT2D eigenvalue weighted by atomic mass is 10.1. The van der Waals surface area contributed by atoms with Crippen LogP contribution in [0.15, 0.2) is 58.2 Å². The summed E-state index contributed by atoms with van der Waals surface area (Å²) in [7, 11) is 0. The number of fused-ring (bicyclic) bond motifs is 1. The van der Waals surface area contributed by atoms with E-state index in [0.29, 0.717) is 17.3 Å². The SMILES string of the molecule is O=C(CSc1ccc(-c2ccc3c(c2)OCO3)nn1)NCc1ccco1. The van der Waals surface area contributed by atoms with E-state index in [-0.39, 0.29) is 18.5 Å². The third-order valence-electron chi connectivity index (χ3n) is 3.70. The van der Waals surface area contributed by atoms with Crippen molar-refractivity contribution in [2.24, 2.45) is 0 Å². The Kier molecular flexibility index (Phi) is 4.74. The van der Waals surface area contributed by atoms with Gasteiger partial charge in [-0.1, -0.05) is 11.8 Å². The number of hydrogen-bond donors (Lipinski definition) is 1. The second-order valence-electron chi connectivity index (χ2n) is 5.47. The fraction of sp³-hybridized carbons (Fsp3) is 0.167. The molecule has 0 spiro atoms. The van der Waals surface area contributed by atoms with Crippen LogP contribution in [0.2, 0.25) is 0 Å². The van der Waals surface area contributed by atoms with E-state index in [9.17, 15) is 4.79 Å². The Balaban J connectivity index is 1.32. The Morgan fingerprint density at radius 2 is 2.04 bits per heavy atom. The molecule has 0 aliphatic carbocycles. The minimum absolute atomic E-state index is 0.0898. The van der Waals surface area contributed by atoms with Crippen molar-refractivity contribution in [1.29, 1.82) is 0 Å². The highest BCUT2D eigenvalue weighted by atomic mass is 32.2. The summed E-state index contributed by atoms with van der Waals surface area (Å²) in [5.74, 6) is 2.33. The number of thioether (sulfide) groups is 1. The number of amides is 1. The molecule has 3 heterocycles. The molecule has 0 atom stereocenters. The van der Waals surface area contributed by atoms with Crippen LogP contribution in [0.4, 0.5) is 0 Å². The quantitative estimate of drug-likeness (QED) is 0.669. The van der Waals surface area contributed by atoms with Gasteiger partial charge in [0.15, 0.2) is 11.5 Å². The van der Waals surface area contributed by atoms with E-state index in [4.69, 9.17) is 13.9 Å². The van der Waals surface area contributed by atoms with Gasteiger partial charge in [0.1, 0.15) is 10.8 Å². The van der Waals surface area contributed by atoms with Crippen LogP contribution in [0.1, 0.15) is 5.76 Å². The second kappa shape index (κ2) is 7.49. The van der Waals surface area contributed by atoms with E-state index in [0.717, 1.165) is 22.8 Å². The smallest absolute Gasteiger partial charge is 0.231 e. The minimum atomic E-state index is -0.0898. The van der Waals surface area contributed by atoms with Crippen LogP contribution in [0.5, 0.6) is 11.5 Å². The van der Waals surface area contributed by atoms with Crippen LogP contribution in [-0.4, -0.2) is 28.7 Å². The lowest BCUT2D eigenvalue weighted by molar-refractivity contribution is -0.118. The molecule has 1 aliphatic heterocycles. The number of furan rings is 1. The van der Waals surface area contributed by atoms with Crippen molar-refractivity contribution in [3.05, 3.63) is 54.5 Å². The minimum Gasteiger partial charge on any atom is -0.467 e. The fourth-order valence-electron chi connectivity index (χ4n) is 2.40. The van der Waals surface area contributed by atoms with Gasteiger partial charge in [-0.15, -0.1) is 10.2 Å². The van der Waals surface area contributed by atoms with Crippen molar-refractivity contribution >= 4 is 17.7 Å². The van der Waals surface area contributed by atoms with E-state index in [1.54, 1.807) is 12.3 Å². The zero-order valence-corrected chi connectivity index (χ0v) is 14.5. The summed E-state index contributed by atoms with van der Waals surface area (Å²) in [5.41, 5.74) is 1.63. The maximum absolute atomic E-state index is 11.9. The predicted octanol–water partition coefficient (Wildman–Crippen LogP) is 2.87. The summed E-state index contributed by atoms with van der Waals surface area (Å²) in [6.07, 6.45) is 1.58. The zero-order valence-electron chi connectivity index (χ0n) is 13.7. The molecule has 26 heavy (non-hydrogen) atoms. The molecule has 0 bridgehead atoms. The van der Waals surface area contributed by atoms with Crippen molar-refractivity contribution < 1.29 is 18.7 Å². The lowest BCUT2D eigenvalue weighted by Crippen LogP contribution is -2.24. The van der Waals surface area contributed by atoms with Gasteiger partial charge in [0.2, 0.25) is 12.7 Å². The lowest BCUT2D eigenvalue weighted by Gasteiger charge is -2.04. The van der Waals surface area contributed by atoms with E-state index in [2.05, 4.69) is 15.5 Å². The van der Waals surface area contributed by atoms with Crippen LogP contribution in [0.25, 0.3) is 11.3 Å². The molecular formula is C18H15N3O4S. The molecule has 0 radical (unpaired) electrons. The monoisotopic (exact) mass is 369 g/mol. The molecule has 0 fully saturated rings. The number of rotatable bonds is 6. The number of benzene rings is 1. The Hall–Kier alpha value is -3.00. The van der Waals surface area contributed by atoms with Gasteiger partial charge in [0.05, 0.1) is 24.3 Å². The second-order valence-corrected chi connectivity index (χ2v) is 6.47. The van der Waals surface area contributed by atoms with Crippen molar-refractivity contribution in [2.45, 2.75) is 11.6 Å². The van der Waals surface area contributed by atoms with Gasteiger partial charge in [-0.3, -0.25) is 4.79 Å². The van der Waals surface area contributed by atoms with Gasteiger partial charge in [0.25, 0.3) is 0 Å². The Bertz CT molecular complexity index is 897. The Morgan fingerprint density at radius 1 is 1.12 bits per heavy atom. The molecule has 3 aromatic rings. The summed E-state index contributed by atoms with van der Waals surface area (Å²) in [5, 5.41) is 11.9. The maximum atomic E-state index is 11.9. The molecule has 0 unspecified atom stereocenters. The molecule has 1 aromatic carbocycles. The van der Waals surface area contributed by atoms with E-state index in [1.807, 2.05) is 36.4 Å². The predicted molar refractivity (Wildman–Crippen MR) is 94.9 cm³/mol. The van der Waals surface area contributed by atoms with Gasteiger partial charge < -0.3 is 19.2 Å². The number of hydrogen-bond acceptors (Lipinski definition) is 7. The number of carbonyl (C=O) groups excluding carboxylic acids is 1. The number of ether oxygens (including phenoxy) is 2. The van der Waals surface area contributed by atoms with Gasteiger partial charge >= 0.3 is 0 Å². The van der Waals surface area contributed by atoms with E-state index >= 15 is 0 Å². The van der Waals surface area contributed by atoms with Crippen molar-refractivity contribution in [2.75, 3.05) is 12.5 Å². The normalized spacial score (nSPS) is 12.2. The highest BCUT2D eigenvalue weighted by Crippen LogP contribution is 2.35. The summed E-state index contributed by atoms with van der Waals surface area (Å²) < 4.78 is 15.8. The van der Waals surface area contributed by atoms with Gasteiger partial charge in [-0.25, -0.2) is 0 Å². The maximum Gasteiger partial charge on any atom is 0.231 e. The molecule has 0 saturated heterocycles. The Morgan fingerprint density at radius 3 is 2.85 bits per heavy atom. The third-order valence-corrected chi connectivity index (χ3v) is 4.62. The highest BCUT2D eigenvalue weighted by molar-refractivity contribution is 7.99. The first-order valence-corrected chi connectivity index (χ1v) is 8.92. The molecule has 1 aliphatic rings. The summed E-state index contributed by atoms with van der Waals surface area (Å²) >= 11 is 1.33. The average Bonchev–Trinajstić information content (AvgIpc) is 3.36. The molecule has 4 rings (SSSR count). The third kappa shape index (κ3) is 3.80. The first-order chi connectivity index (χ1) is 12.8. The fourth-order valence-corrected chi connectivity index (χ4v) is 3.04. The van der Waals surface area contributed by atoms with Crippen LogP contribution in [-0.2, 0) is 11.3 Å². The molecular weight excluding hydrogens is 354 g/mol.